The molecule has 1 atom stereocenters. The normalized spacial score (nSPS) is 11.5. The zero-order chi connectivity index (χ0) is 15.0. The summed E-state index contributed by atoms with van der Waals surface area (Å²) in [4.78, 5) is 34.6. The van der Waals surface area contributed by atoms with Crippen molar-refractivity contribution >= 4 is 28.8 Å². The van der Waals surface area contributed by atoms with Crippen LogP contribution in [0, 0.1) is 0 Å². The van der Waals surface area contributed by atoms with Crippen LogP contribution in [-0.2, 0) is 14.3 Å². The lowest BCUT2D eigenvalue weighted by Gasteiger charge is -2.15. The first-order chi connectivity index (χ1) is 9.54. The van der Waals surface area contributed by atoms with Crippen LogP contribution in [0.15, 0.2) is 30.3 Å². The predicted molar refractivity (Wildman–Crippen MR) is 77.5 cm³/mol. The van der Waals surface area contributed by atoms with Gasteiger partial charge in [0.15, 0.2) is 0 Å². The van der Waals surface area contributed by atoms with Gasteiger partial charge in [0.1, 0.15) is 6.04 Å². The molecule has 20 heavy (non-hydrogen) atoms. The number of thioether (sulfide) groups is 1. The number of carbonyl (C=O) groups excluding carboxylic acids is 3. The van der Waals surface area contributed by atoms with E-state index >= 15 is 0 Å². The largest absolute Gasteiger partial charge is 0.464 e. The van der Waals surface area contributed by atoms with E-state index in [4.69, 9.17) is 4.74 Å². The number of esters is 1. The average Bonchev–Trinajstić information content (AvgIpc) is 2.43. The third kappa shape index (κ3) is 5.44. The number of ether oxygens (including phenoxy) is 1. The van der Waals surface area contributed by atoms with E-state index in [9.17, 15) is 14.4 Å². The van der Waals surface area contributed by atoms with Gasteiger partial charge in [0.05, 0.1) is 6.61 Å². The van der Waals surface area contributed by atoms with Crippen molar-refractivity contribution in [3.8, 4) is 0 Å². The summed E-state index contributed by atoms with van der Waals surface area (Å²) in [6.07, 6.45) is 0. The van der Waals surface area contributed by atoms with Crippen LogP contribution in [0.5, 0.6) is 0 Å². The SMILES string of the molecule is CCOC(=O)[C@H](CSC(=O)c1ccccc1)NC(C)=O. The van der Waals surface area contributed by atoms with Gasteiger partial charge in [0.2, 0.25) is 11.0 Å². The molecule has 0 spiro atoms. The van der Waals surface area contributed by atoms with E-state index in [2.05, 4.69) is 5.32 Å². The van der Waals surface area contributed by atoms with E-state index in [1.807, 2.05) is 6.07 Å². The van der Waals surface area contributed by atoms with Gasteiger partial charge in [-0.05, 0) is 6.92 Å². The summed E-state index contributed by atoms with van der Waals surface area (Å²) in [6.45, 7) is 3.23. The van der Waals surface area contributed by atoms with Gasteiger partial charge in [-0.25, -0.2) is 4.79 Å². The Morgan fingerprint density at radius 3 is 2.45 bits per heavy atom. The first-order valence-corrected chi connectivity index (χ1v) is 7.19. The topological polar surface area (TPSA) is 72.5 Å². The maximum absolute atomic E-state index is 11.9. The van der Waals surface area contributed by atoms with E-state index in [1.165, 1.54) is 6.92 Å². The lowest BCUT2D eigenvalue weighted by Crippen LogP contribution is -2.42. The highest BCUT2D eigenvalue weighted by atomic mass is 32.2. The fourth-order valence-electron chi connectivity index (χ4n) is 1.47. The highest BCUT2D eigenvalue weighted by Gasteiger charge is 2.22. The number of hydrogen-bond donors (Lipinski definition) is 1. The second-order valence-corrected chi connectivity index (χ2v) is 4.96. The molecule has 0 heterocycles. The molecule has 6 heteroatoms. The summed E-state index contributed by atoms with van der Waals surface area (Å²) in [6, 6.07) is 7.94. The molecule has 1 aromatic carbocycles. The maximum atomic E-state index is 11.9. The molecule has 108 valence electrons. The zero-order valence-corrected chi connectivity index (χ0v) is 12.2. The average molecular weight is 295 g/mol. The first kappa shape index (κ1) is 16.2. The number of benzene rings is 1. The molecular weight excluding hydrogens is 278 g/mol. The highest BCUT2D eigenvalue weighted by molar-refractivity contribution is 8.14. The number of hydrogen-bond acceptors (Lipinski definition) is 5. The fraction of sp³-hybridized carbons (Fsp3) is 0.357. The lowest BCUT2D eigenvalue weighted by atomic mass is 10.2. The van der Waals surface area contributed by atoms with Crippen molar-refractivity contribution in [2.75, 3.05) is 12.4 Å². The number of nitrogens with one attached hydrogen (secondary N) is 1. The Labute approximate surface area is 122 Å². The summed E-state index contributed by atoms with van der Waals surface area (Å²) >= 11 is 0.979. The fourth-order valence-corrected chi connectivity index (χ4v) is 2.31. The van der Waals surface area contributed by atoms with Crippen LogP contribution in [0.1, 0.15) is 24.2 Å². The monoisotopic (exact) mass is 295 g/mol. The van der Waals surface area contributed by atoms with E-state index in [0.717, 1.165) is 11.8 Å². The molecule has 1 rings (SSSR count). The third-order valence-corrected chi connectivity index (χ3v) is 3.34. The van der Waals surface area contributed by atoms with Crippen molar-refractivity contribution in [2.45, 2.75) is 19.9 Å². The Balaban J connectivity index is 2.59. The van der Waals surface area contributed by atoms with Gasteiger partial charge in [0.25, 0.3) is 0 Å². The minimum absolute atomic E-state index is 0.145. The molecule has 0 saturated heterocycles. The molecular formula is C14H17NO4S. The van der Waals surface area contributed by atoms with Crippen LogP contribution in [0.3, 0.4) is 0 Å². The van der Waals surface area contributed by atoms with Crippen molar-refractivity contribution < 1.29 is 19.1 Å². The number of carbonyl (C=O) groups is 3. The molecule has 5 nitrogen and oxygen atoms in total. The molecule has 1 amide bonds. The predicted octanol–water partition coefficient (Wildman–Crippen LogP) is 1.63. The molecule has 1 N–H and O–H groups in total. The van der Waals surface area contributed by atoms with E-state index in [0.29, 0.717) is 5.56 Å². The summed E-state index contributed by atoms with van der Waals surface area (Å²) in [5, 5.41) is 2.34. The zero-order valence-electron chi connectivity index (χ0n) is 11.4. The Kier molecular flexibility index (Phi) is 6.79. The van der Waals surface area contributed by atoms with Crippen LogP contribution in [0.4, 0.5) is 0 Å². The smallest absolute Gasteiger partial charge is 0.329 e. The lowest BCUT2D eigenvalue weighted by molar-refractivity contribution is -0.146. The van der Waals surface area contributed by atoms with Gasteiger partial charge >= 0.3 is 5.97 Å². The second kappa shape index (κ2) is 8.37. The molecule has 0 aromatic heterocycles. The van der Waals surface area contributed by atoms with Gasteiger partial charge < -0.3 is 10.1 Å². The van der Waals surface area contributed by atoms with Crippen LogP contribution >= 0.6 is 11.8 Å². The number of rotatable bonds is 6. The Bertz CT molecular complexity index is 475. The van der Waals surface area contributed by atoms with E-state index in [1.54, 1.807) is 31.2 Å². The maximum Gasteiger partial charge on any atom is 0.329 e. The van der Waals surface area contributed by atoms with Crippen LogP contribution in [0.2, 0.25) is 0 Å². The molecule has 0 saturated carbocycles. The number of amides is 1. The van der Waals surface area contributed by atoms with E-state index in [-0.39, 0.29) is 23.4 Å². The van der Waals surface area contributed by atoms with Gasteiger partial charge in [-0.3, -0.25) is 9.59 Å². The van der Waals surface area contributed by atoms with Crippen LogP contribution in [0.25, 0.3) is 0 Å². The molecule has 0 radical (unpaired) electrons. The van der Waals surface area contributed by atoms with Gasteiger partial charge in [0, 0.05) is 18.2 Å². The molecule has 0 bridgehead atoms. The van der Waals surface area contributed by atoms with Gasteiger partial charge in [-0.1, -0.05) is 42.1 Å². The Morgan fingerprint density at radius 1 is 1.25 bits per heavy atom. The first-order valence-electron chi connectivity index (χ1n) is 6.20. The van der Waals surface area contributed by atoms with Crippen molar-refractivity contribution in [2.24, 2.45) is 0 Å². The summed E-state index contributed by atoms with van der Waals surface area (Å²) in [5.74, 6) is -0.724. The minimum atomic E-state index is -0.815. The van der Waals surface area contributed by atoms with E-state index < -0.39 is 12.0 Å². The van der Waals surface area contributed by atoms with Crippen molar-refractivity contribution in [1.82, 2.24) is 5.32 Å². The molecule has 0 aliphatic heterocycles. The van der Waals surface area contributed by atoms with Crippen molar-refractivity contribution in [1.29, 1.82) is 0 Å². The second-order valence-electron chi connectivity index (χ2n) is 3.97. The van der Waals surface area contributed by atoms with Gasteiger partial charge in [-0.15, -0.1) is 0 Å². The quantitative estimate of drug-likeness (QED) is 0.808. The minimum Gasteiger partial charge on any atom is -0.464 e. The van der Waals surface area contributed by atoms with Crippen LogP contribution < -0.4 is 5.32 Å². The molecule has 0 fully saturated rings. The summed E-state index contributed by atoms with van der Waals surface area (Å²) in [7, 11) is 0. The standard InChI is InChI=1S/C14H17NO4S/c1-3-19-13(17)12(15-10(2)16)9-20-14(18)11-7-5-4-6-8-11/h4-8,12H,3,9H2,1-2H3,(H,15,16)/t12-/m0/s1. The van der Waals surface area contributed by atoms with Crippen molar-refractivity contribution in [3.05, 3.63) is 35.9 Å². The molecule has 0 unspecified atom stereocenters. The molecule has 1 aromatic rings. The van der Waals surface area contributed by atoms with Crippen molar-refractivity contribution in [3.63, 3.8) is 0 Å². The summed E-state index contributed by atoms with van der Waals surface area (Å²) in [5.41, 5.74) is 0.558. The molecule has 0 aliphatic carbocycles. The summed E-state index contributed by atoms with van der Waals surface area (Å²) < 4.78 is 4.86. The Morgan fingerprint density at radius 2 is 1.90 bits per heavy atom. The highest BCUT2D eigenvalue weighted by Crippen LogP contribution is 2.13. The van der Waals surface area contributed by atoms with Gasteiger partial charge in [-0.2, -0.15) is 0 Å². The third-order valence-electron chi connectivity index (χ3n) is 2.34. The van der Waals surface area contributed by atoms with Crippen LogP contribution in [-0.4, -0.2) is 35.4 Å². The Hall–Kier alpha value is -1.82. The molecule has 0 aliphatic rings.